The van der Waals surface area contributed by atoms with Gasteiger partial charge in [0.05, 0.1) is 0 Å². The van der Waals surface area contributed by atoms with E-state index in [1.54, 1.807) is 5.56 Å². The van der Waals surface area contributed by atoms with Crippen molar-refractivity contribution in [2.24, 2.45) is 5.92 Å². The van der Waals surface area contributed by atoms with E-state index in [4.69, 9.17) is 0 Å². The normalized spacial score (nSPS) is 19.6. The first-order valence-corrected chi connectivity index (χ1v) is 8.49. The van der Waals surface area contributed by atoms with Crippen LogP contribution < -0.4 is 5.32 Å². The van der Waals surface area contributed by atoms with Crippen LogP contribution in [0.3, 0.4) is 0 Å². The summed E-state index contributed by atoms with van der Waals surface area (Å²) < 4.78 is 0. The summed E-state index contributed by atoms with van der Waals surface area (Å²) in [6, 6.07) is 11.8. The summed E-state index contributed by atoms with van der Waals surface area (Å²) in [5.41, 5.74) is 1.97. The molecule has 1 nitrogen and oxygen atoms in total. The quantitative estimate of drug-likeness (QED) is 0.674. The third-order valence-electron chi connectivity index (χ3n) is 5.27. The molecule has 0 saturated heterocycles. The lowest BCUT2D eigenvalue weighted by molar-refractivity contribution is 0.318. The summed E-state index contributed by atoms with van der Waals surface area (Å²) in [6.07, 6.45) is 9.47. The molecule has 0 bridgehead atoms. The molecule has 1 aromatic rings. The molecule has 0 radical (unpaired) electrons. The lowest BCUT2D eigenvalue weighted by atomic mass is 9.81. The molecule has 2 rings (SSSR count). The Labute approximate surface area is 125 Å². The third kappa shape index (κ3) is 3.44. The van der Waals surface area contributed by atoms with Crippen molar-refractivity contribution in [1.29, 1.82) is 0 Å². The number of hydrogen-bond donors (Lipinski definition) is 1. The van der Waals surface area contributed by atoms with Crippen LogP contribution in [0.1, 0.15) is 64.4 Å². The van der Waals surface area contributed by atoms with Crippen LogP contribution in [0.4, 0.5) is 0 Å². The van der Waals surface area contributed by atoms with Crippen molar-refractivity contribution in [2.45, 2.75) is 70.3 Å². The summed E-state index contributed by atoms with van der Waals surface area (Å²) >= 11 is 0. The SMILES string of the molecule is CCCCC(CC)CC(NC)C1(c2ccccc2)CC1. The highest BCUT2D eigenvalue weighted by atomic mass is 14.9. The highest BCUT2D eigenvalue weighted by molar-refractivity contribution is 5.33. The Bertz CT molecular complexity index is 380. The van der Waals surface area contributed by atoms with Gasteiger partial charge < -0.3 is 5.32 Å². The minimum absolute atomic E-state index is 0.426. The Morgan fingerprint density at radius 3 is 2.35 bits per heavy atom. The summed E-state index contributed by atoms with van der Waals surface area (Å²) in [4.78, 5) is 0. The second-order valence-corrected chi connectivity index (χ2v) is 6.52. The number of rotatable bonds is 9. The van der Waals surface area contributed by atoms with Crippen LogP contribution in [0.25, 0.3) is 0 Å². The second-order valence-electron chi connectivity index (χ2n) is 6.52. The van der Waals surface area contributed by atoms with Gasteiger partial charge >= 0.3 is 0 Å². The molecule has 112 valence electrons. The molecule has 0 heterocycles. The van der Waals surface area contributed by atoms with Crippen molar-refractivity contribution in [3.8, 4) is 0 Å². The second kappa shape index (κ2) is 7.26. The zero-order valence-electron chi connectivity index (χ0n) is 13.5. The first kappa shape index (κ1) is 15.6. The van der Waals surface area contributed by atoms with Gasteiger partial charge in [0.15, 0.2) is 0 Å². The van der Waals surface area contributed by atoms with Crippen molar-refractivity contribution in [2.75, 3.05) is 7.05 Å². The van der Waals surface area contributed by atoms with Gasteiger partial charge in [-0.2, -0.15) is 0 Å². The standard InChI is InChI=1S/C19H31N/c1-4-6-10-16(5-2)15-18(20-3)19(13-14-19)17-11-8-7-9-12-17/h7-9,11-12,16,18,20H,4-6,10,13-15H2,1-3H3. The van der Waals surface area contributed by atoms with Crippen molar-refractivity contribution < 1.29 is 0 Å². The van der Waals surface area contributed by atoms with Gasteiger partial charge in [0, 0.05) is 11.5 Å². The molecule has 0 spiro atoms. The largest absolute Gasteiger partial charge is 0.316 e. The van der Waals surface area contributed by atoms with Crippen LogP contribution in [0.5, 0.6) is 0 Å². The maximum Gasteiger partial charge on any atom is 0.0164 e. The third-order valence-corrected chi connectivity index (χ3v) is 5.27. The first-order chi connectivity index (χ1) is 9.76. The van der Waals surface area contributed by atoms with E-state index in [0.717, 1.165) is 5.92 Å². The van der Waals surface area contributed by atoms with Gasteiger partial charge in [0.1, 0.15) is 0 Å². The van der Waals surface area contributed by atoms with Crippen molar-refractivity contribution in [3.63, 3.8) is 0 Å². The Hall–Kier alpha value is -0.820. The molecule has 0 aromatic heterocycles. The minimum atomic E-state index is 0.426. The number of nitrogens with one attached hydrogen (secondary N) is 1. The van der Waals surface area contributed by atoms with Gasteiger partial charge in [-0.15, -0.1) is 0 Å². The fraction of sp³-hybridized carbons (Fsp3) is 0.684. The number of unbranched alkanes of at least 4 members (excludes halogenated alkanes) is 1. The molecule has 0 amide bonds. The smallest absolute Gasteiger partial charge is 0.0164 e. The van der Waals surface area contributed by atoms with E-state index in [-0.39, 0.29) is 0 Å². The Morgan fingerprint density at radius 1 is 1.15 bits per heavy atom. The van der Waals surface area contributed by atoms with Gasteiger partial charge in [-0.05, 0) is 37.8 Å². The summed E-state index contributed by atoms with van der Waals surface area (Å²) in [5, 5.41) is 3.64. The molecule has 1 aliphatic rings. The predicted molar refractivity (Wildman–Crippen MR) is 88.1 cm³/mol. The summed E-state index contributed by atoms with van der Waals surface area (Å²) in [6.45, 7) is 4.66. The van der Waals surface area contributed by atoms with Crippen LogP contribution in [0, 0.1) is 5.92 Å². The van der Waals surface area contributed by atoms with Crippen molar-refractivity contribution in [3.05, 3.63) is 35.9 Å². The van der Waals surface area contributed by atoms with E-state index in [0.29, 0.717) is 11.5 Å². The van der Waals surface area contributed by atoms with Crippen LogP contribution in [-0.2, 0) is 5.41 Å². The molecule has 1 aliphatic carbocycles. The van der Waals surface area contributed by atoms with Crippen LogP contribution in [0.15, 0.2) is 30.3 Å². The monoisotopic (exact) mass is 273 g/mol. The van der Waals surface area contributed by atoms with Crippen molar-refractivity contribution >= 4 is 0 Å². The number of hydrogen-bond acceptors (Lipinski definition) is 1. The van der Waals surface area contributed by atoms with Crippen LogP contribution in [0.2, 0.25) is 0 Å². The molecule has 1 fully saturated rings. The van der Waals surface area contributed by atoms with Crippen molar-refractivity contribution in [1.82, 2.24) is 5.32 Å². The van der Waals surface area contributed by atoms with Gasteiger partial charge in [-0.3, -0.25) is 0 Å². The highest BCUT2D eigenvalue weighted by Gasteiger charge is 2.50. The van der Waals surface area contributed by atoms with E-state index in [1.165, 1.54) is 44.9 Å². The molecule has 2 unspecified atom stereocenters. The van der Waals surface area contributed by atoms with E-state index in [9.17, 15) is 0 Å². The number of benzene rings is 1. The maximum absolute atomic E-state index is 3.64. The fourth-order valence-electron chi connectivity index (χ4n) is 3.68. The van der Waals surface area contributed by atoms with Gasteiger partial charge in [-0.25, -0.2) is 0 Å². The topological polar surface area (TPSA) is 12.0 Å². The summed E-state index contributed by atoms with van der Waals surface area (Å²) in [5.74, 6) is 0.883. The molecule has 20 heavy (non-hydrogen) atoms. The zero-order valence-corrected chi connectivity index (χ0v) is 13.5. The lowest BCUT2D eigenvalue weighted by Gasteiger charge is -2.30. The van der Waals surface area contributed by atoms with E-state index in [1.807, 2.05) is 0 Å². The molecular weight excluding hydrogens is 242 g/mol. The lowest BCUT2D eigenvalue weighted by Crippen LogP contribution is -2.39. The van der Waals surface area contributed by atoms with E-state index in [2.05, 4.69) is 56.5 Å². The molecule has 1 N–H and O–H groups in total. The molecular formula is C19H31N. The Balaban J connectivity index is 2.04. The predicted octanol–water partition coefficient (Wildman–Crippen LogP) is 4.91. The molecule has 1 saturated carbocycles. The Kier molecular flexibility index (Phi) is 5.65. The van der Waals surface area contributed by atoms with E-state index < -0.39 is 0 Å². The minimum Gasteiger partial charge on any atom is -0.316 e. The highest BCUT2D eigenvalue weighted by Crippen LogP contribution is 2.52. The molecule has 1 heteroatoms. The van der Waals surface area contributed by atoms with Gasteiger partial charge in [-0.1, -0.05) is 69.9 Å². The number of likely N-dealkylation sites (N-methyl/N-ethyl adjacent to an activating group) is 1. The molecule has 1 aromatic carbocycles. The van der Waals surface area contributed by atoms with E-state index >= 15 is 0 Å². The average Bonchev–Trinajstić information content (AvgIpc) is 3.30. The van der Waals surface area contributed by atoms with Gasteiger partial charge in [0.25, 0.3) is 0 Å². The first-order valence-electron chi connectivity index (χ1n) is 8.49. The van der Waals surface area contributed by atoms with Crippen LogP contribution >= 0.6 is 0 Å². The summed E-state index contributed by atoms with van der Waals surface area (Å²) in [7, 11) is 2.15. The maximum atomic E-state index is 3.64. The Morgan fingerprint density at radius 2 is 1.85 bits per heavy atom. The zero-order chi connectivity index (χ0) is 14.4. The fourth-order valence-corrected chi connectivity index (χ4v) is 3.68. The molecule has 2 atom stereocenters. The average molecular weight is 273 g/mol. The molecule has 0 aliphatic heterocycles. The van der Waals surface area contributed by atoms with Gasteiger partial charge in [0.2, 0.25) is 0 Å². The van der Waals surface area contributed by atoms with Crippen LogP contribution in [-0.4, -0.2) is 13.1 Å².